The molecule has 8 atom stereocenters. The van der Waals surface area contributed by atoms with Crippen LogP contribution < -0.4 is 0 Å². The molecule has 0 aromatic heterocycles. The van der Waals surface area contributed by atoms with Gasteiger partial charge in [0.2, 0.25) is 0 Å². The zero-order chi connectivity index (χ0) is 20.6. The predicted molar refractivity (Wildman–Crippen MR) is 118 cm³/mol. The average Bonchev–Trinajstić information content (AvgIpc) is 2.98. The minimum atomic E-state index is -0.0339. The van der Waals surface area contributed by atoms with Gasteiger partial charge in [0.1, 0.15) is 0 Å². The molecule has 2 nitrogen and oxygen atoms in total. The quantitative estimate of drug-likeness (QED) is 0.497. The van der Waals surface area contributed by atoms with E-state index < -0.39 is 0 Å². The smallest absolute Gasteiger partial charge is 0.0719 e. The zero-order valence-corrected chi connectivity index (χ0v) is 19.1. The topological polar surface area (TPSA) is 40.5 Å². The summed E-state index contributed by atoms with van der Waals surface area (Å²) in [6.45, 7) is 13.1. The van der Waals surface area contributed by atoms with Gasteiger partial charge in [0.25, 0.3) is 0 Å². The Balaban J connectivity index is 0.000000706. The van der Waals surface area contributed by atoms with Crippen molar-refractivity contribution in [3.63, 3.8) is 0 Å². The van der Waals surface area contributed by atoms with Crippen LogP contribution in [0.4, 0.5) is 0 Å². The molecule has 0 aromatic rings. The summed E-state index contributed by atoms with van der Waals surface area (Å²) in [5.74, 6) is 3.93. The van der Waals surface area contributed by atoms with Crippen molar-refractivity contribution in [2.45, 2.75) is 111 Å². The standard InChI is InChI=1S/C24H42O.C2H4O/c1-5-6-7-17-8-9-20-19-11-13-22(2)16-18(25)10-15-24(22,4)21(19)12-14-23(17,20)3;1-2-3/h17-21,25H,5-16H2,1-4H3;2-3H,1H2/t17-,18+,19-,20?,21?,22+,23+,24+;/m0./s1. The second kappa shape index (κ2) is 8.32. The second-order valence-corrected chi connectivity index (χ2v) is 11.4. The van der Waals surface area contributed by atoms with Crippen LogP contribution in [0.15, 0.2) is 12.8 Å². The molecule has 0 aliphatic heterocycles. The summed E-state index contributed by atoms with van der Waals surface area (Å²) in [5.41, 5.74) is 1.52. The third-order valence-electron chi connectivity index (χ3n) is 10.4. The van der Waals surface area contributed by atoms with E-state index in [1.54, 1.807) is 0 Å². The van der Waals surface area contributed by atoms with Gasteiger partial charge in [0.15, 0.2) is 0 Å². The number of hydrogen-bond acceptors (Lipinski definition) is 2. The molecule has 162 valence electrons. The summed E-state index contributed by atoms with van der Waals surface area (Å²) >= 11 is 0. The fraction of sp³-hybridized carbons (Fsp3) is 0.923. The molecular formula is C26H46O2. The first kappa shape index (κ1) is 22.2. The molecule has 0 spiro atoms. The number of unbranched alkanes of at least 4 members (excludes halogenated alkanes) is 1. The highest BCUT2D eigenvalue weighted by Gasteiger charge is 2.62. The number of hydrogen-bond donors (Lipinski definition) is 2. The van der Waals surface area contributed by atoms with Crippen molar-refractivity contribution < 1.29 is 10.2 Å². The summed E-state index contributed by atoms with van der Waals surface area (Å²) in [7, 11) is 0. The largest absolute Gasteiger partial charge is 0.516 e. The molecule has 4 aliphatic rings. The molecule has 4 fully saturated rings. The Kier molecular flexibility index (Phi) is 6.60. The fourth-order valence-corrected chi connectivity index (χ4v) is 8.64. The first-order valence-electron chi connectivity index (χ1n) is 12.2. The molecule has 0 bridgehead atoms. The first-order chi connectivity index (χ1) is 13.3. The van der Waals surface area contributed by atoms with Crippen LogP contribution in [0, 0.1) is 39.9 Å². The molecule has 28 heavy (non-hydrogen) atoms. The third kappa shape index (κ3) is 3.46. The molecule has 0 saturated heterocycles. The average molecular weight is 391 g/mol. The first-order valence-corrected chi connectivity index (χ1v) is 12.2. The molecule has 0 heterocycles. The fourth-order valence-electron chi connectivity index (χ4n) is 8.64. The van der Waals surface area contributed by atoms with Crippen LogP contribution in [0.3, 0.4) is 0 Å². The summed E-state index contributed by atoms with van der Waals surface area (Å²) in [6, 6.07) is 0. The maximum atomic E-state index is 10.3. The molecule has 4 rings (SSSR count). The maximum absolute atomic E-state index is 10.3. The highest BCUT2D eigenvalue weighted by Crippen LogP contribution is 2.70. The lowest BCUT2D eigenvalue weighted by molar-refractivity contribution is -0.170. The van der Waals surface area contributed by atoms with Gasteiger partial charge in [-0.15, -0.1) is 0 Å². The van der Waals surface area contributed by atoms with Gasteiger partial charge < -0.3 is 10.2 Å². The van der Waals surface area contributed by atoms with Gasteiger partial charge in [-0.1, -0.05) is 47.1 Å². The van der Waals surface area contributed by atoms with Gasteiger partial charge in [0, 0.05) is 0 Å². The Morgan fingerprint density at radius 1 is 0.964 bits per heavy atom. The van der Waals surface area contributed by atoms with E-state index in [0.717, 1.165) is 42.8 Å². The van der Waals surface area contributed by atoms with Crippen LogP contribution in [0.5, 0.6) is 0 Å². The predicted octanol–water partition coefficient (Wildman–Crippen LogP) is 7.27. The minimum Gasteiger partial charge on any atom is -0.516 e. The van der Waals surface area contributed by atoms with Gasteiger partial charge in [-0.3, -0.25) is 0 Å². The van der Waals surface area contributed by atoms with E-state index >= 15 is 0 Å². The van der Waals surface area contributed by atoms with Crippen molar-refractivity contribution in [3.05, 3.63) is 12.8 Å². The molecule has 2 heteroatoms. The Morgan fingerprint density at radius 3 is 2.36 bits per heavy atom. The van der Waals surface area contributed by atoms with Gasteiger partial charge in [-0.25, -0.2) is 0 Å². The number of aliphatic hydroxyl groups is 2. The monoisotopic (exact) mass is 390 g/mol. The van der Waals surface area contributed by atoms with E-state index in [4.69, 9.17) is 5.11 Å². The number of rotatable bonds is 3. The molecule has 0 aromatic carbocycles. The van der Waals surface area contributed by atoms with Crippen LogP contribution in [-0.2, 0) is 0 Å². The molecular weight excluding hydrogens is 344 g/mol. The second-order valence-electron chi connectivity index (χ2n) is 11.4. The van der Waals surface area contributed by atoms with Crippen molar-refractivity contribution in [1.29, 1.82) is 0 Å². The lowest BCUT2D eigenvalue weighted by Crippen LogP contribution is -2.58. The van der Waals surface area contributed by atoms with Gasteiger partial charge in [-0.05, 0) is 104 Å². The van der Waals surface area contributed by atoms with Crippen molar-refractivity contribution in [3.8, 4) is 0 Å². The SMILES string of the molecule is C=CO.CCCC[C@H]1CCC2[C@@H]3CC[C@]4(C)C[C@H](O)CC[C@]4(C)C3CC[C@@]21C. The normalized spacial score (nSPS) is 49.8. The van der Waals surface area contributed by atoms with Crippen LogP contribution in [0.1, 0.15) is 105 Å². The Bertz CT molecular complexity index is 545. The van der Waals surface area contributed by atoms with E-state index in [9.17, 15) is 5.11 Å². The summed E-state index contributed by atoms with van der Waals surface area (Å²) in [5, 5.41) is 17.7. The Hall–Kier alpha value is -0.500. The van der Waals surface area contributed by atoms with Crippen LogP contribution in [0.2, 0.25) is 0 Å². The summed E-state index contributed by atoms with van der Waals surface area (Å²) in [4.78, 5) is 0. The van der Waals surface area contributed by atoms with Gasteiger partial charge in [0.05, 0.1) is 12.4 Å². The van der Waals surface area contributed by atoms with Crippen LogP contribution >= 0.6 is 0 Å². The van der Waals surface area contributed by atoms with Gasteiger partial charge >= 0.3 is 0 Å². The minimum absolute atomic E-state index is 0.0339. The summed E-state index contributed by atoms with van der Waals surface area (Å²) < 4.78 is 0. The van der Waals surface area contributed by atoms with Crippen molar-refractivity contribution in [2.24, 2.45) is 39.9 Å². The van der Waals surface area contributed by atoms with E-state index in [2.05, 4.69) is 34.3 Å². The molecule has 2 unspecified atom stereocenters. The van der Waals surface area contributed by atoms with E-state index in [-0.39, 0.29) is 6.10 Å². The highest BCUT2D eigenvalue weighted by atomic mass is 16.3. The van der Waals surface area contributed by atoms with E-state index in [1.165, 1.54) is 64.2 Å². The molecule has 4 saturated carbocycles. The number of fused-ring (bicyclic) bond motifs is 5. The summed E-state index contributed by atoms with van der Waals surface area (Å²) in [6.07, 6.45) is 17.2. The van der Waals surface area contributed by atoms with E-state index in [1.807, 2.05) is 0 Å². The molecule has 2 N–H and O–H groups in total. The lowest BCUT2D eigenvalue weighted by atomic mass is 9.40. The molecule has 4 aliphatic carbocycles. The lowest BCUT2D eigenvalue weighted by Gasteiger charge is -2.65. The van der Waals surface area contributed by atoms with Crippen molar-refractivity contribution in [1.82, 2.24) is 0 Å². The van der Waals surface area contributed by atoms with Crippen molar-refractivity contribution in [2.75, 3.05) is 0 Å². The number of aliphatic hydroxyl groups excluding tert-OH is 2. The third-order valence-corrected chi connectivity index (χ3v) is 10.4. The Morgan fingerprint density at radius 2 is 1.68 bits per heavy atom. The molecule has 0 radical (unpaired) electrons. The van der Waals surface area contributed by atoms with Crippen molar-refractivity contribution >= 4 is 0 Å². The zero-order valence-electron chi connectivity index (χ0n) is 19.1. The maximum Gasteiger partial charge on any atom is 0.0719 e. The van der Waals surface area contributed by atoms with E-state index in [0.29, 0.717) is 16.2 Å². The van der Waals surface area contributed by atoms with Crippen LogP contribution in [0.25, 0.3) is 0 Å². The van der Waals surface area contributed by atoms with Gasteiger partial charge in [-0.2, -0.15) is 0 Å². The molecule has 0 amide bonds. The van der Waals surface area contributed by atoms with Crippen LogP contribution in [-0.4, -0.2) is 16.3 Å². The Labute approximate surface area is 174 Å². The highest BCUT2D eigenvalue weighted by molar-refractivity contribution is 5.12.